The lowest BCUT2D eigenvalue weighted by Gasteiger charge is -2.17. The maximum Gasteiger partial charge on any atom is 0.335 e. The molecule has 0 aliphatic carbocycles. The van der Waals surface area contributed by atoms with Crippen LogP contribution in [-0.4, -0.2) is 27.5 Å². The summed E-state index contributed by atoms with van der Waals surface area (Å²) in [5.41, 5.74) is 8.19. The highest BCUT2D eigenvalue weighted by Gasteiger charge is 2.12. The number of thiocarbonyl (C=S) groups is 1. The highest BCUT2D eigenvalue weighted by atomic mass is 35.5. The molecule has 3 aromatic carbocycles. The van der Waals surface area contributed by atoms with E-state index in [4.69, 9.17) is 34.7 Å². The Morgan fingerprint density at radius 3 is 2.41 bits per heavy atom. The third-order valence-corrected chi connectivity index (χ3v) is 4.49. The molecule has 0 heterocycles. The van der Waals surface area contributed by atoms with E-state index in [0.29, 0.717) is 21.8 Å². The Morgan fingerprint density at radius 1 is 1.10 bits per heavy atom. The Labute approximate surface area is 177 Å². The number of anilines is 1. The summed E-state index contributed by atoms with van der Waals surface area (Å²) >= 11 is 11.1. The molecule has 0 aliphatic rings. The van der Waals surface area contributed by atoms with Crippen LogP contribution < -0.4 is 10.7 Å². The molecule has 146 valence electrons. The largest absolute Gasteiger partial charge is 0.507 e. The topological polar surface area (TPSA) is 99.1 Å². The molecule has 4 N–H and O–H groups in total. The molecule has 0 saturated heterocycles. The van der Waals surface area contributed by atoms with Gasteiger partial charge in [0, 0.05) is 16.1 Å². The third kappa shape index (κ3) is 4.71. The van der Waals surface area contributed by atoms with Crippen LogP contribution in [0.2, 0.25) is 5.02 Å². The van der Waals surface area contributed by atoms with Crippen LogP contribution in [0.25, 0.3) is 11.1 Å². The maximum absolute atomic E-state index is 11.0. The molecule has 0 atom stereocenters. The zero-order valence-electron chi connectivity index (χ0n) is 15.0. The van der Waals surface area contributed by atoms with Gasteiger partial charge in [0.2, 0.25) is 0 Å². The Morgan fingerprint density at radius 2 is 1.79 bits per heavy atom. The van der Waals surface area contributed by atoms with Crippen LogP contribution >= 0.6 is 23.8 Å². The predicted molar refractivity (Wildman–Crippen MR) is 119 cm³/mol. The molecule has 0 bridgehead atoms. The molecule has 8 heteroatoms. The summed E-state index contributed by atoms with van der Waals surface area (Å²) in [7, 11) is 0. The van der Waals surface area contributed by atoms with Gasteiger partial charge in [0.15, 0.2) is 5.11 Å². The Kier molecular flexibility index (Phi) is 6.11. The van der Waals surface area contributed by atoms with Crippen LogP contribution in [-0.2, 0) is 0 Å². The molecular weight excluding hydrogens is 410 g/mol. The first-order valence-electron chi connectivity index (χ1n) is 8.41. The van der Waals surface area contributed by atoms with E-state index in [1.165, 1.54) is 23.4 Å². The molecule has 0 aliphatic heterocycles. The quantitative estimate of drug-likeness (QED) is 0.316. The highest BCUT2D eigenvalue weighted by Crippen LogP contribution is 2.32. The van der Waals surface area contributed by atoms with E-state index in [2.05, 4.69) is 5.10 Å². The van der Waals surface area contributed by atoms with E-state index in [0.717, 1.165) is 5.56 Å². The number of para-hydroxylation sites is 1. The molecule has 0 radical (unpaired) electrons. The summed E-state index contributed by atoms with van der Waals surface area (Å²) in [6.07, 6.45) is 1.42. The summed E-state index contributed by atoms with van der Waals surface area (Å²) < 4.78 is 0. The second-order valence-electron chi connectivity index (χ2n) is 6.00. The van der Waals surface area contributed by atoms with Gasteiger partial charge in [-0.3, -0.25) is 0 Å². The van der Waals surface area contributed by atoms with Gasteiger partial charge < -0.3 is 15.9 Å². The fraction of sp³-hybridized carbons (Fsp3) is 0. The minimum Gasteiger partial charge on any atom is -0.507 e. The van der Waals surface area contributed by atoms with Gasteiger partial charge in [0.1, 0.15) is 5.75 Å². The zero-order chi connectivity index (χ0) is 21.0. The summed E-state index contributed by atoms with van der Waals surface area (Å²) in [6.45, 7) is 0. The number of carbonyl (C=O) groups is 1. The molecule has 0 unspecified atom stereocenters. The maximum atomic E-state index is 11.0. The van der Waals surface area contributed by atoms with Gasteiger partial charge in [-0.1, -0.05) is 35.9 Å². The first kappa shape index (κ1) is 20.3. The normalized spacial score (nSPS) is 10.8. The van der Waals surface area contributed by atoms with E-state index < -0.39 is 5.97 Å². The van der Waals surface area contributed by atoms with Gasteiger partial charge in [0.25, 0.3) is 0 Å². The van der Waals surface area contributed by atoms with Crippen LogP contribution in [0.3, 0.4) is 0 Å². The van der Waals surface area contributed by atoms with Crippen molar-refractivity contribution in [2.24, 2.45) is 10.8 Å². The SMILES string of the molecule is NC(=S)N(N=Cc1cccc(-c2cccc(Cl)c2)c1O)c1ccc(C(=O)O)cc1. The van der Waals surface area contributed by atoms with E-state index in [1.807, 2.05) is 6.07 Å². The van der Waals surface area contributed by atoms with Crippen molar-refractivity contribution in [1.82, 2.24) is 0 Å². The van der Waals surface area contributed by atoms with E-state index in [1.54, 1.807) is 48.5 Å². The smallest absolute Gasteiger partial charge is 0.335 e. The average Bonchev–Trinajstić information content (AvgIpc) is 2.69. The monoisotopic (exact) mass is 425 g/mol. The van der Waals surface area contributed by atoms with Crippen LogP contribution in [0.15, 0.2) is 71.8 Å². The van der Waals surface area contributed by atoms with Crippen molar-refractivity contribution in [3.63, 3.8) is 0 Å². The number of hydrogen-bond donors (Lipinski definition) is 3. The van der Waals surface area contributed by atoms with Crippen molar-refractivity contribution >= 4 is 46.8 Å². The average molecular weight is 426 g/mol. The molecule has 3 aromatic rings. The second kappa shape index (κ2) is 8.72. The molecular formula is C21H16ClN3O3S. The summed E-state index contributed by atoms with van der Waals surface area (Å²) in [6, 6.07) is 18.3. The number of benzene rings is 3. The van der Waals surface area contributed by atoms with E-state index >= 15 is 0 Å². The number of phenolic OH excluding ortho intramolecular Hbond substituents is 1. The molecule has 6 nitrogen and oxygen atoms in total. The summed E-state index contributed by atoms with van der Waals surface area (Å²) in [5.74, 6) is -1.01. The fourth-order valence-electron chi connectivity index (χ4n) is 2.67. The van der Waals surface area contributed by atoms with Crippen LogP contribution in [0, 0.1) is 0 Å². The van der Waals surface area contributed by atoms with Gasteiger partial charge in [-0.05, 0) is 60.2 Å². The van der Waals surface area contributed by atoms with E-state index in [9.17, 15) is 9.90 Å². The van der Waals surface area contributed by atoms with Gasteiger partial charge >= 0.3 is 5.97 Å². The lowest BCUT2D eigenvalue weighted by molar-refractivity contribution is 0.0697. The molecule has 0 fully saturated rings. The van der Waals surface area contributed by atoms with Gasteiger partial charge in [-0.2, -0.15) is 5.10 Å². The molecule has 3 rings (SSSR count). The fourth-order valence-corrected chi connectivity index (χ4v) is 3.01. The summed E-state index contributed by atoms with van der Waals surface area (Å²) in [5, 5.41) is 25.7. The molecule has 0 amide bonds. The van der Waals surface area contributed by atoms with E-state index in [-0.39, 0.29) is 16.4 Å². The molecule has 0 saturated carbocycles. The van der Waals surface area contributed by atoms with Crippen molar-refractivity contribution in [3.05, 3.63) is 82.9 Å². The lowest BCUT2D eigenvalue weighted by Crippen LogP contribution is -2.31. The molecule has 29 heavy (non-hydrogen) atoms. The number of halogens is 1. The first-order valence-corrected chi connectivity index (χ1v) is 9.20. The number of nitrogens with zero attached hydrogens (tertiary/aromatic N) is 2. The molecule has 0 aromatic heterocycles. The van der Waals surface area contributed by atoms with Crippen molar-refractivity contribution in [3.8, 4) is 16.9 Å². The number of carboxylic acids is 1. The number of nitrogens with two attached hydrogens (primary N) is 1. The Bertz CT molecular complexity index is 1100. The van der Waals surface area contributed by atoms with Crippen molar-refractivity contribution in [2.45, 2.75) is 0 Å². The van der Waals surface area contributed by atoms with Crippen molar-refractivity contribution in [1.29, 1.82) is 0 Å². The van der Waals surface area contributed by atoms with Crippen LogP contribution in [0.1, 0.15) is 15.9 Å². The number of aromatic carboxylic acids is 1. The van der Waals surface area contributed by atoms with Gasteiger partial charge in [0.05, 0.1) is 17.5 Å². The number of hydrogen-bond acceptors (Lipinski definition) is 4. The minimum atomic E-state index is -1.04. The van der Waals surface area contributed by atoms with Gasteiger partial charge in [-0.15, -0.1) is 0 Å². The Hall–Kier alpha value is -3.42. The minimum absolute atomic E-state index is 0.0302. The first-order chi connectivity index (χ1) is 13.9. The third-order valence-electron chi connectivity index (χ3n) is 4.08. The number of aromatic hydroxyl groups is 1. The van der Waals surface area contributed by atoms with Gasteiger partial charge in [-0.25, -0.2) is 9.80 Å². The van der Waals surface area contributed by atoms with Crippen LogP contribution in [0.5, 0.6) is 5.75 Å². The number of hydrazone groups is 1. The Balaban J connectivity index is 1.93. The number of carboxylic acid groups (broad SMARTS) is 1. The standard InChI is InChI=1S/C21H16ClN3O3S/c22-16-5-1-3-14(11-16)18-6-2-4-15(19(18)26)12-24-25(21(23)29)17-9-7-13(8-10-17)20(27)28/h1-12,26H,(H2,23,29)(H,27,28). The zero-order valence-corrected chi connectivity index (χ0v) is 16.6. The van der Waals surface area contributed by atoms with Crippen molar-refractivity contribution in [2.75, 3.05) is 5.01 Å². The lowest BCUT2D eigenvalue weighted by atomic mass is 10.0. The number of rotatable bonds is 5. The summed E-state index contributed by atoms with van der Waals surface area (Å²) in [4.78, 5) is 11.0. The predicted octanol–water partition coefficient (Wildman–Crippen LogP) is 4.49. The van der Waals surface area contributed by atoms with Crippen LogP contribution in [0.4, 0.5) is 5.69 Å². The molecule has 0 spiro atoms. The highest BCUT2D eigenvalue weighted by molar-refractivity contribution is 7.80. The second-order valence-corrected chi connectivity index (χ2v) is 6.86. The van der Waals surface area contributed by atoms with Crippen molar-refractivity contribution < 1.29 is 15.0 Å². The number of phenols is 1.